The van der Waals surface area contributed by atoms with Gasteiger partial charge in [0.05, 0.1) is 17.1 Å². The molecule has 0 saturated heterocycles. The quantitative estimate of drug-likeness (QED) is 0.162. The van der Waals surface area contributed by atoms with Crippen LogP contribution in [0.3, 0.4) is 0 Å². The Hall–Kier alpha value is -7.68. The molecule has 12 rings (SSSR count). The molecule has 0 N–H and O–H groups in total. The number of benzene rings is 11. The Morgan fingerprint density at radius 2 is 0.700 bits per heavy atom. The van der Waals surface area contributed by atoms with Gasteiger partial charge in [-0.15, -0.1) is 0 Å². The van der Waals surface area contributed by atoms with Gasteiger partial charge >= 0.3 is 0 Å². The number of aryl methyl sites for hydroxylation is 2. The van der Waals surface area contributed by atoms with Crippen LogP contribution in [0.5, 0.6) is 0 Å². The lowest BCUT2D eigenvalue weighted by molar-refractivity contribution is 0.669. The molecule has 0 aliphatic carbocycles. The van der Waals surface area contributed by atoms with Crippen molar-refractivity contribution in [3.63, 3.8) is 0 Å². The standard InChI is InChI=1S/C58H39NO/c1-36-27-31-52(42-18-6-3-15-39(36)42)59(53-32-28-37(2)40-16-4-7-19-43(40)53)54-33-30-50(41-17-5-8-20-44(41)54)58-48-24-11-9-22-46(48)57(47-23-10-12-25-49(47)58)38-29-34-56-51(35-38)45-21-13-14-26-55(45)60-56/h3-35H,1-2H3. The Bertz CT molecular complexity index is 3560. The minimum Gasteiger partial charge on any atom is -0.456 e. The first-order chi connectivity index (χ1) is 29.6. The van der Waals surface area contributed by atoms with Gasteiger partial charge < -0.3 is 9.32 Å². The Morgan fingerprint density at radius 1 is 0.300 bits per heavy atom. The molecule has 0 atom stereocenters. The lowest BCUT2D eigenvalue weighted by Gasteiger charge is -2.30. The summed E-state index contributed by atoms with van der Waals surface area (Å²) in [6, 6.07) is 73.4. The first-order valence-electron chi connectivity index (χ1n) is 20.8. The Morgan fingerprint density at radius 3 is 1.25 bits per heavy atom. The van der Waals surface area contributed by atoms with Gasteiger partial charge in [-0.3, -0.25) is 0 Å². The molecule has 0 fully saturated rings. The van der Waals surface area contributed by atoms with E-state index in [1.165, 1.54) is 87.2 Å². The Balaban J connectivity index is 1.14. The molecule has 2 heteroatoms. The van der Waals surface area contributed by atoms with E-state index in [0.717, 1.165) is 39.0 Å². The monoisotopic (exact) mass is 765 g/mol. The van der Waals surface area contributed by atoms with E-state index in [2.05, 4.69) is 213 Å². The minimum absolute atomic E-state index is 0.906. The zero-order chi connectivity index (χ0) is 39.9. The number of para-hydroxylation sites is 1. The number of anilines is 3. The normalized spacial score (nSPS) is 11.8. The van der Waals surface area contributed by atoms with Crippen LogP contribution < -0.4 is 4.90 Å². The highest BCUT2D eigenvalue weighted by Gasteiger charge is 2.24. The smallest absolute Gasteiger partial charge is 0.135 e. The number of furan rings is 1. The summed E-state index contributed by atoms with van der Waals surface area (Å²) >= 11 is 0. The zero-order valence-electron chi connectivity index (χ0n) is 33.4. The predicted octanol–water partition coefficient (Wildman–Crippen LogP) is 16.8. The van der Waals surface area contributed by atoms with Gasteiger partial charge in [0.25, 0.3) is 0 Å². The third-order valence-electron chi connectivity index (χ3n) is 12.7. The van der Waals surface area contributed by atoms with Crippen molar-refractivity contribution in [3.8, 4) is 22.3 Å². The van der Waals surface area contributed by atoms with Crippen LogP contribution in [-0.2, 0) is 0 Å². The molecular weight excluding hydrogens is 727 g/mol. The first kappa shape index (κ1) is 34.4. The number of nitrogens with zero attached hydrogens (tertiary/aromatic N) is 1. The highest BCUT2D eigenvalue weighted by atomic mass is 16.3. The molecule has 0 saturated carbocycles. The maximum Gasteiger partial charge on any atom is 0.135 e. The Labute approximate surface area is 348 Å². The van der Waals surface area contributed by atoms with E-state index in [1.807, 2.05) is 6.07 Å². The molecule has 0 aliphatic rings. The van der Waals surface area contributed by atoms with E-state index in [1.54, 1.807) is 0 Å². The van der Waals surface area contributed by atoms with E-state index in [0.29, 0.717) is 0 Å². The van der Waals surface area contributed by atoms with Crippen LogP contribution in [0.25, 0.3) is 98.1 Å². The average Bonchev–Trinajstić information content (AvgIpc) is 3.68. The highest BCUT2D eigenvalue weighted by molar-refractivity contribution is 6.25. The van der Waals surface area contributed by atoms with Crippen molar-refractivity contribution in [2.45, 2.75) is 13.8 Å². The maximum absolute atomic E-state index is 6.27. The van der Waals surface area contributed by atoms with Gasteiger partial charge in [0.2, 0.25) is 0 Å². The summed E-state index contributed by atoms with van der Waals surface area (Å²) in [5.41, 5.74) is 12.7. The summed E-state index contributed by atoms with van der Waals surface area (Å²) < 4.78 is 6.27. The maximum atomic E-state index is 6.27. The number of hydrogen-bond donors (Lipinski definition) is 0. The molecule has 0 unspecified atom stereocenters. The molecule has 2 nitrogen and oxygen atoms in total. The van der Waals surface area contributed by atoms with E-state index in [9.17, 15) is 0 Å². The summed E-state index contributed by atoms with van der Waals surface area (Å²) in [5, 5.41) is 14.6. The molecule has 282 valence electrons. The summed E-state index contributed by atoms with van der Waals surface area (Å²) in [6.07, 6.45) is 0. The highest BCUT2D eigenvalue weighted by Crippen LogP contribution is 2.50. The molecule has 1 heterocycles. The van der Waals surface area contributed by atoms with E-state index in [-0.39, 0.29) is 0 Å². The predicted molar refractivity (Wildman–Crippen MR) is 256 cm³/mol. The lowest BCUT2D eigenvalue weighted by atomic mass is 9.84. The van der Waals surface area contributed by atoms with Crippen molar-refractivity contribution in [2.75, 3.05) is 4.90 Å². The number of hydrogen-bond acceptors (Lipinski definition) is 2. The molecule has 0 amide bonds. The van der Waals surface area contributed by atoms with E-state index < -0.39 is 0 Å². The van der Waals surface area contributed by atoms with Crippen molar-refractivity contribution in [1.82, 2.24) is 0 Å². The molecule has 12 aromatic rings. The SMILES string of the molecule is Cc1ccc(N(c2ccc(C)c3ccccc23)c2ccc(-c3c4ccccc4c(-c4ccc5oc6ccccc6c5c4)c4ccccc34)c3ccccc23)c2ccccc12. The first-order valence-corrected chi connectivity index (χ1v) is 20.8. The molecule has 60 heavy (non-hydrogen) atoms. The third kappa shape index (κ3) is 5.14. The topological polar surface area (TPSA) is 16.4 Å². The molecule has 0 bridgehead atoms. The zero-order valence-corrected chi connectivity index (χ0v) is 33.4. The van der Waals surface area contributed by atoms with Crippen LogP contribution in [0.2, 0.25) is 0 Å². The molecular formula is C58H39NO. The van der Waals surface area contributed by atoms with Gasteiger partial charge in [-0.25, -0.2) is 0 Å². The largest absolute Gasteiger partial charge is 0.456 e. The average molecular weight is 766 g/mol. The molecule has 0 radical (unpaired) electrons. The molecule has 1 aromatic heterocycles. The van der Waals surface area contributed by atoms with Crippen LogP contribution in [0.4, 0.5) is 17.1 Å². The van der Waals surface area contributed by atoms with Gasteiger partial charge in [-0.2, -0.15) is 0 Å². The van der Waals surface area contributed by atoms with Crippen LogP contribution in [0.1, 0.15) is 11.1 Å². The van der Waals surface area contributed by atoms with Gasteiger partial charge in [-0.1, -0.05) is 164 Å². The van der Waals surface area contributed by atoms with Crippen molar-refractivity contribution >= 4 is 92.9 Å². The Kier molecular flexibility index (Phi) is 7.70. The van der Waals surface area contributed by atoms with Crippen molar-refractivity contribution in [2.24, 2.45) is 0 Å². The fraction of sp³-hybridized carbons (Fsp3) is 0.0345. The fourth-order valence-corrected chi connectivity index (χ4v) is 9.95. The fourth-order valence-electron chi connectivity index (χ4n) is 9.95. The third-order valence-corrected chi connectivity index (χ3v) is 12.7. The molecule has 11 aromatic carbocycles. The van der Waals surface area contributed by atoms with Gasteiger partial charge in [0.1, 0.15) is 11.2 Å². The van der Waals surface area contributed by atoms with Gasteiger partial charge in [0, 0.05) is 26.9 Å². The van der Waals surface area contributed by atoms with Gasteiger partial charge in [0.15, 0.2) is 0 Å². The van der Waals surface area contributed by atoms with Crippen molar-refractivity contribution in [3.05, 3.63) is 211 Å². The second kappa shape index (κ2) is 13.4. The lowest BCUT2D eigenvalue weighted by Crippen LogP contribution is -2.12. The minimum atomic E-state index is 0.906. The van der Waals surface area contributed by atoms with Crippen LogP contribution in [0.15, 0.2) is 205 Å². The van der Waals surface area contributed by atoms with Crippen LogP contribution in [-0.4, -0.2) is 0 Å². The number of fused-ring (bicyclic) bond motifs is 8. The van der Waals surface area contributed by atoms with Crippen molar-refractivity contribution < 1.29 is 4.42 Å². The second-order valence-corrected chi connectivity index (χ2v) is 16.1. The molecule has 0 aliphatic heterocycles. The number of rotatable bonds is 5. The summed E-state index contributed by atoms with van der Waals surface area (Å²) in [6.45, 7) is 4.42. The second-order valence-electron chi connectivity index (χ2n) is 16.1. The van der Waals surface area contributed by atoms with Crippen molar-refractivity contribution in [1.29, 1.82) is 0 Å². The summed E-state index contributed by atoms with van der Waals surface area (Å²) in [7, 11) is 0. The van der Waals surface area contributed by atoms with Crippen LogP contribution >= 0.6 is 0 Å². The van der Waals surface area contributed by atoms with Crippen LogP contribution in [0, 0.1) is 13.8 Å². The van der Waals surface area contributed by atoms with E-state index >= 15 is 0 Å². The van der Waals surface area contributed by atoms with E-state index in [4.69, 9.17) is 4.42 Å². The summed E-state index contributed by atoms with van der Waals surface area (Å²) in [5.74, 6) is 0. The molecule has 0 spiro atoms. The van der Waals surface area contributed by atoms with Gasteiger partial charge in [-0.05, 0) is 121 Å². The summed E-state index contributed by atoms with van der Waals surface area (Å²) in [4.78, 5) is 2.50.